The van der Waals surface area contributed by atoms with Gasteiger partial charge in [0.15, 0.2) is 0 Å². The molecule has 130 valence electrons. The van der Waals surface area contributed by atoms with E-state index in [2.05, 4.69) is 6.58 Å². The summed E-state index contributed by atoms with van der Waals surface area (Å²) in [4.78, 5) is 27.7. The molecule has 6 heteroatoms. The van der Waals surface area contributed by atoms with Crippen LogP contribution in [0.3, 0.4) is 0 Å². The third-order valence-electron chi connectivity index (χ3n) is 5.20. The number of aliphatic hydroxyl groups excluding tert-OH is 1. The van der Waals surface area contributed by atoms with Gasteiger partial charge in [0.05, 0.1) is 13.2 Å². The Morgan fingerprint density at radius 3 is 2.57 bits per heavy atom. The van der Waals surface area contributed by atoms with E-state index >= 15 is 0 Å². The number of nitrogens with two attached hydrogens (primary N) is 1. The van der Waals surface area contributed by atoms with Crippen molar-refractivity contribution in [2.45, 2.75) is 32.1 Å². The number of rotatable bonds is 6. The lowest BCUT2D eigenvalue weighted by molar-refractivity contribution is -0.141. The third kappa shape index (κ3) is 4.54. The molecule has 2 aliphatic heterocycles. The number of likely N-dealkylation sites (tertiary alicyclic amines) is 2. The number of hydrogen-bond acceptors (Lipinski definition) is 4. The number of allylic oxidation sites excluding steroid dienone is 1. The molecule has 2 heterocycles. The summed E-state index contributed by atoms with van der Waals surface area (Å²) in [5, 5.41) is 9.76. The second kappa shape index (κ2) is 7.93. The zero-order valence-electron chi connectivity index (χ0n) is 13.9. The Kier molecular flexibility index (Phi) is 6.18. The van der Waals surface area contributed by atoms with E-state index in [1.165, 1.54) is 0 Å². The fraction of sp³-hybridized carbons (Fsp3) is 0.765. The van der Waals surface area contributed by atoms with E-state index in [1.54, 1.807) is 0 Å². The van der Waals surface area contributed by atoms with Crippen LogP contribution in [0.2, 0.25) is 0 Å². The second-order valence-corrected chi connectivity index (χ2v) is 7.03. The van der Waals surface area contributed by atoms with Gasteiger partial charge in [0, 0.05) is 24.4 Å². The highest BCUT2D eigenvalue weighted by molar-refractivity contribution is 5.79. The van der Waals surface area contributed by atoms with Crippen molar-refractivity contribution >= 4 is 11.8 Å². The summed E-state index contributed by atoms with van der Waals surface area (Å²) in [6, 6.07) is 0. The molecule has 2 rings (SSSR count). The number of piperidine rings is 2. The first kappa shape index (κ1) is 17.9. The Morgan fingerprint density at radius 2 is 2.00 bits per heavy atom. The summed E-state index contributed by atoms with van der Waals surface area (Å²) < 4.78 is 0. The average Bonchev–Trinajstić information content (AvgIpc) is 2.55. The lowest BCUT2D eigenvalue weighted by Crippen LogP contribution is -2.51. The highest BCUT2D eigenvalue weighted by atomic mass is 16.3. The Hall–Kier alpha value is -1.40. The molecule has 0 aromatic heterocycles. The van der Waals surface area contributed by atoms with Crippen molar-refractivity contribution in [1.29, 1.82) is 0 Å². The van der Waals surface area contributed by atoms with Crippen LogP contribution < -0.4 is 5.73 Å². The van der Waals surface area contributed by atoms with Gasteiger partial charge in [0.1, 0.15) is 0 Å². The predicted octanol–water partition coefficient (Wildman–Crippen LogP) is 0.361. The molecule has 0 aromatic carbocycles. The first-order valence-corrected chi connectivity index (χ1v) is 8.51. The molecule has 0 radical (unpaired) electrons. The molecule has 2 amide bonds. The van der Waals surface area contributed by atoms with Crippen LogP contribution in [-0.2, 0) is 9.59 Å². The van der Waals surface area contributed by atoms with E-state index in [0.29, 0.717) is 6.54 Å². The maximum atomic E-state index is 12.8. The molecule has 23 heavy (non-hydrogen) atoms. The van der Waals surface area contributed by atoms with Gasteiger partial charge >= 0.3 is 0 Å². The predicted molar refractivity (Wildman–Crippen MR) is 88.5 cm³/mol. The quantitative estimate of drug-likeness (QED) is 0.691. The zero-order valence-corrected chi connectivity index (χ0v) is 13.9. The van der Waals surface area contributed by atoms with E-state index in [4.69, 9.17) is 5.73 Å². The SMILES string of the molecule is C=CCC1(CO)CCCN(C(=O)C2CCN(CC(N)=O)CC2)C1. The van der Waals surface area contributed by atoms with Gasteiger partial charge in [-0.1, -0.05) is 6.08 Å². The van der Waals surface area contributed by atoms with Crippen molar-refractivity contribution in [3.63, 3.8) is 0 Å². The molecule has 2 fully saturated rings. The van der Waals surface area contributed by atoms with Gasteiger partial charge in [-0.05, 0) is 45.2 Å². The van der Waals surface area contributed by atoms with E-state index in [0.717, 1.165) is 51.7 Å². The minimum atomic E-state index is -0.317. The molecular weight excluding hydrogens is 294 g/mol. The van der Waals surface area contributed by atoms with Crippen LogP contribution >= 0.6 is 0 Å². The molecule has 0 aliphatic carbocycles. The molecular formula is C17H29N3O3. The van der Waals surface area contributed by atoms with Crippen molar-refractivity contribution < 1.29 is 14.7 Å². The van der Waals surface area contributed by atoms with Gasteiger partial charge < -0.3 is 15.7 Å². The fourth-order valence-electron chi connectivity index (χ4n) is 3.88. The minimum absolute atomic E-state index is 0.0253. The van der Waals surface area contributed by atoms with Crippen LogP contribution in [0.1, 0.15) is 32.1 Å². The Balaban J connectivity index is 1.90. The smallest absolute Gasteiger partial charge is 0.231 e. The van der Waals surface area contributed by atoms with Gasteiger partial charge in [-0.3, -0.25) is 14.5 Å². The van der Waals surface area contributed by atoms with Crippen LogP contribution in [0.15, 0.2) is 12.7 Å². The maximum absolute atomic E-state index is 12.8. The fourth-order valence-corrected chi connectivity index (χ4v) is 3.88. The molecule has 0 aromatic rings. The second-order valence-electron chi connectivity index (χ2n) is 7.03. The zero-order chi connectivity index (χ0) is 16.9. The molecule has 6 nitrogen and oxygen atoms in total. The molecule has 1 atom stereocenters. The third-order valence-corrected chi connectivity index (χ3v) is 5.20. The minimum Gasteiger partial charge on any atom is -0.396 e. The number of amides is 2. The van der Waals surface area contributed by atoms with Crippen LogP contribution in [0.25, 0.3) is 0 Å². The number of hydrogen-bond donors (Lipinski definition) is 2. The van der Waals surface area contributed by atoms with Crippen LogP contribution in [0, 0.1) is 11.3 Å². The number of primary amides is 1. The molecule has 0 saturated carbocycles. The standard InChI is InChI=1S/C17H29N3O3/c1-2-6-17(13-21)7-3-8-20(12-17)16(23)14-4-9-19(10-5-14)11-15(18)22/h2,14,21H,1,3-13H2,(H2,18,22). The van der Waals surface area contributed by atoms with Gasteiger partial charge in [-0.15, -0.1) is 6.58 Å². The van der Waals surface area contributed by atoms with Crippen molar-refractivity contribution in [2.75, 3.05) is 39.3 Å². The first-order valence-electron chi connectivity index (χ1n) is 8.51. The normalized spacial score (nSPS) is 26.9. The van der Waals surface area contributed by atoms with Gasteiger partial charge in [-0.25, -0.2) is 0 Å². The Labute approximate surface area is 138 Å². The number of carbonyl (C=O) groups excluding carboxylic acids is 2. The summed E-state index contributed by atoms with van der Waals surface area (Å²) >= 11 is 0. The summed E-state index contributed by atoms with van der Waals surface area (Å²) in [7, 11) is 0. The first-order chi connectivity index (χ1) is 11.0. The maximum Gasteiger partial charge on any atom is 0.231 e. The van der Waals surface area contributed by atoms with E-state index in [1.807, 2.05) is 15.9 Å². The Morgan fingerprint density at radius 1 is 1.30 bits per heavy atom. The summed E-state index contributed by atoms with van der Waals surface area (Å²) in [5.74, 6) is -0.0920. The van der Waals surface area contributed by atoms with Crippen molar-refractivity contribution in [3.8, 4) is 0 Å². The van der Waals surface area contributed by atoms with Gasteiger partial charge in [0.25, 0.3) is 0 Å². The highest BCUT2D eigenvalue weighted by Gasteiger charge is 2.38. The van der Waals surface area contributed by atoms with E-state index in [9.17, 15) is 14.7 Å². The molecule has 2 saturated heterocycles. The molecule has 0 bridgehead atoms. The van der Waals surface area contributed by atoms with Crippen LogP contribution in [0.4, 0.5) is 0 Å². The van der Waals surface area contributed by atoms with Gasteiger partial charge in [-0.2, -0.15) is 0 Å². The summed E-state index contributed by atoms with van der Waals surface area (Å²) in [6.45, 7) is 7.03. The van der Waals surface area contributed by atoms with Crippen LogP contribution in [0.5, 0.6) is 0 Å². The van der Waals surface area contributed by atoms with Crippen molar-refractivity contribution in [1.82, 2.24) is 9.80 Å². The summed E-state index contributed by atoms with van der Waals surface area (Å²) in [6.07, 6.45) is 6.00. The van der Waals surface area contributed by atoms with E-state index < -0.39 is 0 Å². The Bertz CT molecular complexity index is 446. The van der Waals surface area contributed by atoms with Crippen molar-refractivity contribution in [3.05, 3.63) is 12.7 Å². The molecule has 1 unspecified atom stereocenters. The lowest BCUT2D eigenvalue weighted by Gasteiger charge is -2.43. The number of aliphatic hydroxyl groups is 1. The number of carbonyl (C=O) groups is 2. The average molecular weight is 323 g/mol. The van der Waals surface area contributed by atoms with Crippen molar-refractivity contribution in [2.24, 2.45) is 17.1 Å². The molecule has 2 aliphatic rings. The largest absolute Gasteiger partial charge is 0.396 e. The summed E-state index contributed by atoms with van der Waals surface area (Å²) in [5.41, 5.74) is 5.00. The van der Waals surface area contributed by atoms with Gasteiger partial charge in [0.2, 0.25) is 11.8 Å². The topological polar surface area (TPSA) is 86.9 Å². The molecule has 3 N–H and O–H groups in total. The highest BCUT2D eigenvalue weighted by Crippen LogP contribution is 2.34. The van der Waals surface area contributed by atoms with Crippen LogP contribution in [-0.4, -0.2) is 66.1 Å². The lowest BCUT2D eigenvalue weighted by atomic mass is 9.77. The molecule has 0 spiro atoms. The van der Waals surface area contributed by atoms with E-state index in [-0.39, 0.29) is 36.3 Å². The monoisotopic (exact) mass is 323 g/mol. The number of nitrogens with zero attached hydrogens (tertiary/aromatic N) is 2.